The van der Waals surface area contributed by atoms with Gasteiger partial charge in [0.15, 0.2) is 0 Å². The van der Waals surface area contributed by atoms with Gasteiger partial charge in [-0.05, 0) is 47.4 Å². The van der Waals surface area contributed by atoms with Crippen LogP contribution in [0.5, 0.6) is 0 Å². The van der Waals surface area contributed by atoms with E-state index < -0.39 is 57.9 Å². The standard InChI is InChI=1S/C29H24F3N3O6/c1-2-16-6-10-20(11-7-16)34-25(36)22-23(26(34)37)28(27(38)39,15-17-8-12-21(13-9-17)35(40)41)33-24(22)18-4-3-5-19(14-18)29(30,31)32/h3-14,22-24,33H,2,15H2,1H3,(H,38,39). The first-order valence-electron chi connectivity index (χ1n) is 12.8. The van der Waals surface area contributed by atoms with Crippen molar-refractivity contribution in [1.29, 1.82) is 0 Å². The molecule has 0 aromatic heterocycles. The van der Waals surface area contributed by atoms with Crippen molar-refractivity contribution in [3.05, 3.63) is 105 Å². The number of amides is 2. The summed E-state index contributed by atoms with van der Waals surface area (Å²) >= 11 is 0. The molecule has 3 aromatic rings. The number of carboxylic acid groups (broad SMARTS) is 1. The third kappa shape index (κ3) is 4.73. The summed E-state index contributed by atoms with van der Waals surface area (Å²) in [6.45, 7) is 1.93. The largest absolute Gasteiger partial charge is 0.480 e. The van der Waals surface area contributed by atoms with Crippen molar-refractivity contribution in [3.8, 4) is 0 Å². The van der Waals surface area contributed by atoms with Crippen LogP contribution in [0.3, 0.4) is 0 Å². The Hall–Kier alpha value is -4.58. The summed E-state index contributed by atoms with van der Waals surface area (Å²) in [4.78, 5) is 52.2. The minimum Gasteiger partial charge on any atom is -0.480 e. The van der Waals surface area contributed by atoms with Crippen LogP contribution in [0.1, 0.15) is 35.2 Å². The maximum absolute atomic E-state index is 13.9. The highest BCUT2D eigenvalue weighted by molar-refractivity contribution is 6.24. The van der Waals surface area contributed by atoms with Crippen LogP contribution in [0.15, 0.2) is 72.8 Å². The van der Waals surface area contributed by atoms with E-state index in [1.807, 2.05) is 6.92 Å². The van der Waals surface area contributed by atoms with E-state index in [0.29, 0.717) is 12.0 Å². The van der Waals surface area contributed by atoms with Crippen LogP contribution < -0.4 is 10.2 Å². The minimum absolute atomic E-state index is 0.00554. The number of aryl methyl sites for hydroxylation is 1. The molecular formula is C29H24F3N3O6. The van der Waals surface area contributed by atoms with Gasteiger partial charge in [0.25, 0.3) is 5.69 Å². The Kier molecular flexibility index (Phi) is 6.90. The van der Waals surface area contributed by atoms with E-state index in [-0.39, 0.29) is 23.4 Å². The van der Waals surface area contributed by atoms with Crippen molar-refractivity contribution in [1.82, 2.24) is 5.32 Å². The molecule has 212 valence electrons. The molecule has 2 N–H and O–H groups in total. The van der Waals surface area contributed by atoms with Crippen molar-refractivity contribution >= 4 is 29.2 Å². The molecule has 12 heteroatoms. The number of alkyl halides is 3. The zero-order valence-corrected chi connectivity index (χ0v) is 21.6. The molecule has 0 radical (unpaired) electrons. The zero-order chi connectivity index (χ0) is 29.7. The van der Waals surface area contributed by atoms with Gasteiger partial charge in [-0.1, -0.05) is 43.3 Å². The van der Waals surface area contributed by atoms with Crippen molar-refractivity contribution in [2.24, 2.45) is 11.8 Å². The number of carbonyl (C=O) groups is 3. The molecule has 41 heavy (non-hydrogen) atoms. The Bertz CT molecular complexity index is 1540. The van der Waals surface area contributed by atoms with Gasteiger partial charge in [0.05, 0.1) is 28.0 Å². The number of rotatable bonds is 7. The Morgan fingerprint density at radius 1 is 1.02 bits per heavy atom. The number of hydrogen-bond donors (Lipinski definition) is 2. The monoisotopic (exact) mass is 567 g/mol. The Morgan fingerprint density at radius 2 is 1.66 bits per heavy atom. The molecule has 0 saturated carbocycles. The number of nitro groups is 1. The fourth-order valence-electron chi connectivity index (χ4n) is 5.83. The van der Waals surface area contributed by atoms with E-state index in [4.69, 9.17) is 0 Å². The molecule has 2 aliphatic heterocycles. The number of fused-ring (bicyclic) bond motifs is 1. The maximum atomic E-state index is 13.9. The number of benzene rings is 3. The highest BCUT2D eigenvalue weighted by Crippen LogP contribution is 2.51. The molecule has 2 fully saturated rings. The summed E-state index contributed by atoms with van der Waals surface area (Å²) in [5, 5.41) is 24.5. The zero-order valence-electron chi connectivity index (χ0n) is 21.6. The van der Waals surface area contributed by atoms with Gasteiger partial charge < -0.3 is 5.11 Å². The summed E-state index contributed by atoms with van der Waals surface area (Å²) in [5.41, 5.74) is -1.83. The summed E-state index contributed by atoms with van der Waals surface area (Å²) in [7, 11) is 0. The number of anilines is 1. The number of nitrogens with one attached hydrogen (secondary N) is 1. The molecule has 0 aliphatic carbocycles. The van der Waals surface area contributed by atoms with Crippen LogP contribution in [0.4, 0.5) is 24.5 Å². The van der Waals surface area contributed by atoms with Gasteiger partial charge in [0, 0.05) is 24.6 Å². The number of hydrogen-bond acceptors (Lipinski definition) is 6. The first-order valence-corrected chi connectivity index (χ1v) is 12.8. The summed E-state index contributed by atoms with van der Waals surface area (Å²) in [5.74, 6) is -5.81. The maximum Gasteiger partial charge on any atom is 0.416 e. The van der Waals surface area contributed by atoms with E-state index in [1.54, 1.807) is 24.3 Å². The lowest BCUT2D eigenvalue weighted by Gasteiger charge is -2.31. The molecule has 2 amide bonds. The normalized spacial score (nSPS) is 24.0. The molecule has 9 nitrogen and oxygen atoms in total. The lowest BCUT2D eigenvalue weighted by Crippen LogP contribution is -2.57. The van der Waals surface area contributed by atoms with Crippen LogP contribution in [0.25, 0.3) is 0 Å². The van der Waals surface area contributed by atoms with E-state index >= 15 is 0 Å². The van der Waals surface area contributed by atoms with Gasteiger partial charge in [0.2, 0.25) is 11.8 Å². The SMILES string of the molecule is CCc1ccc(N2C(=O)C3C(c4cccc(C(F)(F)F)c4)NC(Cc4ccc([N+](=O)[O-])cc4)(C(=O)O)C3C2=O)cc1. The molecule has 0 spiro atoms. The first kappa shape index (κ1) is 28.0. The quantitative estimate of drug-likeness (QED) is 0.241. The smallest absolute Gasteiger partial charge is 0.416 e. The van der Waals surface area contributed by atoms with Gasteiger partial charge in [0.1, 0.15) is 5.54 Å². The van der Waals surface area contributed by atoms with E-state index in [0.717, 1.165) is 28.7 Å². The van der Waals surface area contributed by atoms with Crippen molar-refractivity contribution in [2.45, 2.75) is 37.5 Å². The molecule has 3 aromatic carbocycles. The van der Waals surface area contributed by atoms with Gasteiger partial charge in [-0.3, -0.25) is 29.8 Å². The topological polar surface area (TPSA) is 130 Å². The third-order valence-corrected chi connectivity index (χ3v) is 7.84. The first-order chi connectivity index (χ1) is 19.4. The molecule has 2 heterocycles. The molecule has 2 aliphatic rings. The number of halogens is 3. The summed E-state index contributed by atoms with van der Waals surface area (Å²) in [6.07, 6.45) is -4.36. The summed E-state index contributed by atoms with van der Waals surface area (Å²) in [6, 6.07) is 14.6. The van der Waals surface area contributed by atoms with Gasteiger partial charge in [-0.2, -0.15) is 13.2 Å². The van der Waals surface area contributed by atoms with Crippen LogP contribution in [0, 0.1) is 22.0 Å². The Labute approximate surface area is 231 Å². The van der Waals surface area contributed by atoms with Crippen LogP contribution in [0.2, 0.25) is 0 Å². The summed E-state index contributed by atoms with van der Waals surface area (Å²) < 4.78 is 40.7. The lowest BCUT2D eigenvalue weighted by atomic mass is 9.76. The van der Waals surface area contributed by atoms with E-state index in [1.165, 1.54) is 30.3 Å². The average molecular weight is 568 g/mol. The second kappa shape index (κ2) is 10.1. The van der Waals surface area contributed by atoms with Gasteiger partial charge in [-0.15, -0.1) is 0 Å². The highest BCUT2D eigenvalue weighted by atomic mass is 19.4. The molecule has 5 rings (SSSR count). The highest BCUT2D eigenvalue weighted by Gasteiger charge is 2.68. The van der Waals surface area contributed by atoms with E-state index in [9.17, 15) is 42.8 Å². The average Bonchev–Trinajstić information content (AvgIpc) is 3.42. The molecule has 4 unspecified atom stereocenters. The fourth-order valence-corrected chi connectivity index (χ4v) is 5.83. The number of imide groups is 1. The van der Waals surface area contributed by atoms with Crippen LogP contribution >= 0.6 is 0 Å². The van der Waals surface area contributed by atoms with Crippen molar-refractivity contribution in [3.63, 3.8) is 0 Å². The molecule has 0 bridgehead atoms. The third-order valence-electron chi connectivity index (χ3n) is 7.84. The number of carboxylic acids is 1. The fraction of sp³-hybridized carbons (Fsp3) is 0.276. The van der Waals surface area contributed by atoms with E-state index in [2.05, 4.69) is 5.32 Å². The number of nitro benzene ring substituents is 1. The van der Waals surface area contributed by atoms with Crippen molar-refractivity contribution < 1.29 is 37.6 Å². The molecule has 4 atom stereocenters. The predicted octanol–water partition coefficient (Wildman–Crippen LogP) is 4.69. The number of nitrogens with zero attached hydrogens (tertiary/aromatic N) is 2. The second-order valence-electron chi connectivity index (χ2n) is 10.2. The van der Waals surface area contributed by atoms with Gasteiger partial charge >= 0.3 is 12.1 Å². The second-order valence-corrected chi connectivity index (χ2v) is 10.2. The molecule has 2 saturated heterocycles. The number of carbonyl (C=O) groups excluding carboxylic acids is 2. The van der Waals surface area contributed by atoms with Gasteiger partial charge in [-0.25, -0.2) is 4.90 Å². The predicted molar refractivity (Wildman–Crippen MR) is 140 cm³/mol. The van der Waals surface area contributed by atoms with Crippen LogP contribution in [-0.2, 0) is 33.4 Å². The number of aliphatic carboxylic acids is 1. The Balaban J connectivity index is 1.64. The number of non-ortho nitro benzene ring substituents is 1. The lowest BCUT2D eigenvalue weighted by molar-refractivity contribution is -0.384. The Morgan fingerprint density at radius 3 is 2.22 bits per heavy atom. The van der Waals surface area contributed by atoms with Crippen LogP contribution in [-0.4, -0.2) is 33.4 Å². The minimum atomic E-state index is -4.70. The van der Waals surface area contributed by atoms with Crippen molar-refractivity contribution in [2.75, 3.05) is 4.90 Å². The molecular weight excluding hydrogens is 543 g/mol.